The number of hydrogen-bond donors (Lipinski definition) is 6. The molecule has 0 aliphatic carbocycles. The van der Waals surface area contributed by atoms with Crippen LogP contribution in [0.4, 0.5) is 5.82 Å². The molecule has 7 N–H and O–H groups in total. The lowest BCUT2D eigenvalue weighted by atomic mass is 9.90. The third-order valence-corrected chi connectivity index (χ3v) is 10.4. The number of aliphatic hydroxyl groups excluding tert-OH is 1. The molecule has 3 rings (SSSR count). The number of phosphoric acid groups is 3. The molecule has 2 aromatic rings. The molecule has 0 bridgehead atoms. The fraction of sp³-hybridized carbons (Fsp3) is 0.455. The van der Waals surface area contributed by atoms with E-state index in [9.17, 15) is 33.4 Å². The first-order valence-electron chi connectivity index (χ1n) is 11.8. The molecule has 2 heterocycles. The van der Waals surface area contributed by atoms with Crippen molar-refractivity contribution < 1.29 is 56.3 Å². The van der Waals surface area contributed by atoms with Gasteiger partial charge in [-0.25, -0.2) is 18.5 Å². The number of benzene rings is 1. The summed E-state index contributed by atoms with van der Waals surface area (Å²) in [4.78, 5) is 52.4. The molecule has 1 aliphatic rings. The number of ether oxygens (including phenoxy) is 1. The Labute approximate surface area is 234 Å². The smallest absolute Gasteiger partial charge is 0.390 e. The van der Waals surface area contributed by atoms with E-state index in [1.54, 1.807) is 0 Å². The molecule has 0 radical (unpaired) electrons. The van der Waals surface area contributed by atoms with Crippen molar-refractivity contribution in [1.82, 2.24) is 9.55 Å². The van der Waals surface area contributed by atoms with Crippen molar-refractivity contribution in [2.45, 2.75) is 59.5 Å². The maximum atomic E-state index is 12.6. The Bertz CT molecular complexity index is 1600. The largest absolute Gasteiger partial charge is 0.490 e. The number of nitrogen functional groups attached to an aromatic ring is 1. The lowest BCUT2D eigenvalue weighted by Crippen LogP contribution is -2.29. The lowest BCUT2D eigenvalue weighted by molar-refractivity contribution is -0.0449. The van der Waals surface area contributed by atoms with Crippen molar-refractivity contribution in [3.8, 4) is 11.8 Å². The van der Waals surface area contributed by atoms with Gasteiger partial charge in [0.05, 0.1) is 18.3 Å². The van der Waals surface area contributed by atoms with Crippen molar-refractivity contribution in [3.05, 3.63) is 55.6 Å². The van der Waals surface area contributed by atoms with Gasteiger partial charge in [-0.1, -0.05) is 11.8 Å². The molecule has 19 heteroatoms. The van der Waals surface area contributed by atoms with Gasteiger partial charge in [-0.05, 0) is 62.4 Å². The quantitative estimate of drug-likeness (QED) is 0.178. The molecule has 1 saturated heterocycles. The minimum absolute atomic E-state index is 0.127. The average molecular weight is 637 g/mol. The predicted molar refractivity (Wildman–Crippen MR) is 143 cm³/mol. The van der Waals surface area contributed by atoms with Gasteiger partial charge in [0.25, 0.3) is 0 Å². The normalized spacial score (nSPS) is 22.0. The Morgan fingerprint density at radius 3 is 2.10 bits per heavy atom. The maximum Gasteiger partial charge on any atom is 0.490 e. The van der Waals surface area contributed by atoms with E-state index in [2.05, 4.69) is 30.0 Å². The third-order valence-electron chi connectivity index (χ3n) is 6.64. The van der Waals surface area contributed by atoms with Crippen LogP contribution in [0.5, 0.6) is 0 Å². The summed E-state index contributed by atoms with van der Waals surface area (Å²) in [7, 11) is -16.7. The van der Waals surface area contributed by atoms with Crippen molar-refractivity contribution in [2.24, 2.45) is 0 Å². The summed E-state index contributed by atoms with van der Waals surface area (Å²) in [5.41, 5.74) is 11.5. The first-order valence-corrected chi connectivity index (χ1v) is 16.3. The first kappa shape index (κ1) is 33.3. The summed E-state index contributed by atoms with van der Waals surface area (Å²) in [5.74, 6) is 5.91. The summed E-state index contributed by atoms with van der Waals surface area (Å²) in [6, 6.07) is 0. The zero-order chi connectivity index (χ0) is 31.1. The van der Waals surface area contributed by atoms with E-state index >= 15 is 0 Å². The number of anilines is 1. The van der Waals surface area contributed by atoms with Crippen molar-refractivity contribution in [2.75, 3.05) is 12.3 Å². The van der Waals surface area contributed by atoms with Crippen LogP contribution in [-0.2, 0) is 31.6 Å². The second-order valence-electron chi connectivity index (χ2n) is 9.30. The van der Waals surface area contributed by atoms with E-state index in [0.29, 0.717) is 0 Å². The van der Waals surface area contributed by atoms with Gasteiger partial charge in [-0.2, -0.15) is 13.6 Å². The highest BCUT2D eigenvalue weighted by atomic mass is 31.3. The molecule has 1 aliphatic heterocycles. The summed E-state index contributed by atoms with van der Waals surface area (Å²) in [6.07, 6.45) is -2.72. The fourth-order valence-corrected chi connectivity index (χ4v) is 7.14. The molecule has 226 valence electrons. The van der Waals surface area contributed by atoms with Crippen molar-refractivity contribution in [3.63, 3.8) is 0 Å². The van der Waals surface area contributed by atoms with Gasteiger partial charge >= 0.3 is 29.2 Å². The average Bonchev–Trinajstić information content (AvgIpc) is 3.19. The van der Waals surface area contributed by atoms with Crippen LogP contribution < -0.4 is 11.4 Å². The van der Waals surface area contributed by atoms with Gasteiger partial charge in [0.15, 0.2) is 0 Å². The molecule has 0 spiro atoms. The van der Waals surface area contributed by atoms with Gasteiger partial charge in [-0.15, -0.1) is 0 Å². The highest BCUT2D eigenvalue weighted by Gasteiger charge is 2.43. The van der Waals surface area contributed by atoms with Gasteiger partial charge < -0.3 is 35.2 Å². The molecule has 41 heavy (non-hydrogen) atoms. The zero-order valence-corrected chi connectivity index (χ0v) is 25.2. The number of nitrogens with two attached hydrogens (primary N) is 1. The molecule has 1 aromatic carbocycles. The molecule has 16 nitrogen and oxygen atoms in total. The minimum atomic E-state index is -5.72. The van der Waals surface area contributed by atoms with E-state index in [1.165, 1.54) is 11.8 Å². The molecule has 5 unspecified atom stereocenters. The van der Waals surface area contributed by atoms with E-state index < -0.39 is 54.2 Å². The topological polar surface area (TPSA) is 250 Å². The molecular formula is C22H30N3O13P3. The number of phosphoric ester groups is 1. The van der Waals surface area contributed by atoms with Crippen LogP contribution in [0, 0.1) is 46.5 Å². The molecular weight excluding hydrogens is 607 g/mol. The Kier molecular flexibility index (Phi) is 9.89. The molecule has 1 fully saturated rings. The van der Waals surface area contributed by atoms with Gasteiger partial charge in [0.1, 0.15) is 18.1 Å². The Morgan fingerprint density at radius 1 is 0.976 bits per heavy atom. The van der Waals surface area contributed by atoms with Gasteiger partial charge in [-0.3, -0.25) is 9.09 Å². The van der Waals surface area contributed by atoms with Crippen LogP contribution in [0.15, 0.2) is 11.0 Å². The fourth-order valence-electron chi connectivity index (χ4n) is 4.11. The molecule has 1 aromatic heterocycles. The molecule has 0 amide bonds. The second kappa shape index (κ2) is 12.2. The summed E-state index contributed by atoms with van der Waals surface area (Å²) in [6.45, 7) is 9.06. The lowest BCUT2D eigenvalue weighted by Gasteiger charge is -2.19. The summed E-state index contributed by atoms with van der Waals surface area (Å²) < 4.78 is 52.6. The standard InChI is InChI=1S/C22H30N3O13P3/c1-11-12(2)14(4)17(15(5)13(11)3)7-6-16-9-25(22(27)24-21(16)23)20-8-18(26)19(36-20)10-35-40(31,32)38-41(33,34)37-39(28,29)30/h9,18-20,26H,8,10H2,1-5H3,(H,31,32)(H,33,34)(H2,23,24,27)(H2,28,29,30). The molecule has 0 saturated carbocycles. The van der Waals surface area contributed by atoms with Gasteiger partial charge in [0, 0.05) is 18.2 Å². The first-order chi connectivity index (χ1) is 18.7. The monoisotopic (exact) mass is 637 g/mol. The number of rotatable bonds is 8. The highest BCUT2D eigenvalue weighted by Crippen LogP contribution is 2.66. The SMILES string of the molecule is Cc1c(C)c(C)c(C#Cc2cn(C3CC(O)C(COP(=O)(O)OP(=O)(O)OP(=O)(O)O)O3)c(=O)nc2N)c(C)c1C. The van der Waals surface area contributed by atoms with E-state index in [1.807, 2.05) is 34.6 Å². The highest BCUT2D eigenvalue weighted by molar-refractivity contribution is 7.66. The van der Waals surface area contributed by atoms with Crippen LogP contribution in [0.25, 0.3) is 0 Å². The number of nitrogens with zero attached hydrogens (tertiary/aromatic N) is 2. The van der Waals surface area contributed by atoms with Crippen LogP contribution in [0.3, 0.4) is 0 Å². The number of aromatic nitrogens is 2. The Hall–Kier alpha value is -2.21. The number of hydrogen-bond acceptors (Lipinski definition) is 11. The van der Waals surface area contributed by atoms with Crippen molar-refractivity contribution >= 4 is 29.3 Å². The van der Waals surface area contributed by atoms with Crippen LogP contribution in [-0.4, -0.2) is 53.0 Å². The van der Waals surface area contributed by atoms with Crippen LogP contribution in [0.1, 0.15) is 51.6 Å². The van der Waals surface area contributed by atoms with Crippen LogP contribution >= 0.6 is 23.5 Å². The zero-order valence-electron chi connectivity index (χ0n) is 22.5. The second-order valence-corrected chi connectivity index (χ2v) is 13.7. The van der Waals surface area contributed by atoms with E-state index in [-0.39, 0.29) is 17.8 Å². The molecule has 5 atom stereocenters. The van der Waals surface area contributed by atoms with E-state index in [0.717, 1.165) is 32.4 Å². The minimum Gasteiger partial charge on any atom is -0.390 e. The number of aliphatic hydroxyl groups is 1. The Morgan fingerprint density at radius 2 is 1.54 bits per heavy atom. The maximum absolute atomic E-state index is 12.6. The van der Waals surface area contributed by atoms with Crippen LogP contribution in [0.2, 0.25) is 0 Å². The predicted octanol–water partition coefficient (Wildman–Crippen LogP) is 1.76. The summed E-state index contributed by atoms with van der Waals surface area (Å²) >= 11 is 0. The van der Waals surface area contributed by atoms with Gasteiger partial charge in [0.2, 0.25) is 0 Å². The third kappa shape index (κ3) is 8.21. The summed E-state index contributed by atoms with van der Waals surface area (Å²) in [5, 5.41) is 10.4. The van der Waals surface area contributed by atoms with E-state index in [4.69, 9.17) is 20.3 Å². The Balaban J connectivity index is 1.80. The van der Waals surface area contributed by atoms with Crippen molar-refractivity contribution in [1.29, 1.82) is 0 Å².